The van der Waals surface area contributed by atoms with Gasteiger partial charge in [0.2, 0.25) is 0 Å². The van der Waals surface area contributed by atoms with Gasteiger partial charge in [0.05, 0.1) is 32.3 Å². The quantitative estimate of drug-likeness (QED) is 0.811. The molecule has 0 atom stereocenters. The van der Waals surface area contributed by atoms with E-state index in [-0.39, 0.29) is 5.75 Å². The Morgan fingerprint density at radius 3 is 2.50 bits per heavy atom. The van der Waals surface area contributed by atoms with Crippen molar-refractivity contribution in [2.45, 2.75) is 6.54 Å². The van der Waals surface area contributed by atoms with Crippen molar-refractivity contribution in [3.63, 3.8) is 0 Å². The van der Waals surface area contributed by atoms with Gasteiger partial charge in [-0.1, -0.05) is 0 Å². The van der Waals surface area contributed by atoms with E-state index in [1.54, 1.807) is 0 Å². The predicted molar refractivity (Wildman–Crippen MR) is 62.8 cm³/mol. The van der Waals surface area contributed by atoms with Gasteiger partial charge in [-0.15, -0.1) is 0 Å². The van der Waals surface area contributed by atoms with Gasteiger partial charge in [-0.25, -0.2) is 0 Å². The van der Waals surface area contributed by atoms with Gasteiger partial charge in [-0.2, -0.15) is 5.48 Å². The lowest BCUT2D eigenvalue weighted by molar-refractivity contribution is 0.0859. The molecule has 0 spiro atoms. The standard InChI is InChI=1S/C10H14BrNO4/c1-14-8-4-7(13)6(5-12-16-3)9(11)10(8)15-2/h4,12-13H,5H2,1-3H3. The summed E-state index contributed by atoms with van der Waals surface area (Å²) in [7, 11) is 4.55. The highest BCUT2D eigenvalue weighted by atomic mass is 79.9. The monoisotopic (exact) mass is 291 g/mol. The molecule has 0 fully saturated rings. The maximum atomic E-state index is 9.79. The van der Waals surface area contributed by atoms with Crippen molar-refractivity contribution >= 4 is 15.9 Å². The van der Waals surface area contributed by atoms with Gasteiger partial charge in [-0.3, -0.25) is 0 Å². The van der Waals surface area contributed by atoms with Crippen molar-refractivity contribution in [1.29, 1.82) is 0 Å². The first-order valence-corrected chi connectivity index (χ1v) is 5.33. The summed E-state index contributed by atoms with van der Waals surface area (Å²) in [4.78, 5) is 4.73. The number of nitrogens with one attached hydrogen (secondary N) is 1. The number of phenols is 1. The van der Waals surface area contributed by atoms with Crippen LogP contribution in [0.15, 0.2) is 10.5 Å². The van der Waals surface area contributed by atoms with E-state index in [0.29, 0.717) is 28.1 Å². The first-order valence-electron chi connectivity index (χ1n) is 4.53. The Labute approximate surface area is 102 Å². The Kier molecular flexibility index (Phi) is 4.85. The Morgan fingerprint density at radius 2 is 2.00 bits per heavy atom. The number of ether oxygens (including phenoxy) is 2. The van der Waals surface area contributed by atoms with Crippen LogP contribution in [0, 0.1) is 0 Å². The molecule has 2 N–H and O–H groups in total. The van der Waals surface area contributed by atoms with E-state index < -0.39 is 0 Å². The minimum absolute atomic E-state index is 0.106. The molecule has 0 radical (unpaired) electrons. The van der Waals surface area contributed by atoms with E-state index in [2.05, 4.69) is 21.4 Å². The predicted octanol–water partition coefficient (Wildman–Crippen LogP) is 1.82. The zero-order valence-corrected chi connectivity index (χ0v) is 10.9. The van der Waals surface area contributed by atoms with E-state index in [0.717, 1.165) is 0 Å². The Hall–Kier alpha value is -0.980. The topological polar surface area (TPSA) is 60.0 Å². The van der Waals surface area contributed by atoms with E-state index >= 15 is 0 Å². The van der Waals surface area contributed by atoms with E-state index in [9.17, 15) is 5.11 Å². The SMILES string of the molecule is CONCc1c(O)cc(OC)c(OC)c1Br. The second kappa shape index (κ2) is 5.93. The van der Waals surface area contributed by atoms with Crippen LogP contribution >= 0.6 is 15.9 Å². The fourth-order valence-electron chi connectivity index (χ4n) is 1.29. The second-order valence-corrected chi connectivity index (χ2v) is 3.74. The molecule has 0 saturated heterocycles. The lowest BCUT2D eigenvalue weighted by atomic mass is 10.1. The molecule has 1 aromatic carbocycles. The second-order valence-electron chi connectivity index (χ2n) is 2.95. The molecular weight excluding hydrogens is 278 g/mol. The lowest BCUT2D eigenvalue weighted by Crippen LogP contribution is -2.11. The number of hydrogen-bond donors (Lipinski definition) is 2. The van der Waals surface area contributed by atoms with Gasteiger partial charge < -0.3 is 19.4 Å². The number of benzene rings is 1. The van der Waals surface area contributed by atoms with Gasteiger partial charge in [-0.05, 0) is 15.9 Å². The number of phenolic OH excluding ortho intramolecular Hbond substituents is 1. The average Bonchev–Trinajstić information content (AvgIpc) is 2.28. The van der Waals surface area contributed by atoms with Crippen LogP contribution in [0.3, 0.4) is 0 Å². The molecule has 0 unspecified atom stereocenters. The first kappa shape index (κ1) is 13.1. The lowest BCUT2D eigenvalue weighted by Gasteiger charge is -2.14. The number of aromatic hydroxyl groups is 1. The van der Waals surface area contributed by atoms with E-state index in [4.69, 9.17) is 14.3 Å². The molecule has 16 heavy (non-hydrogen) atoms. The third-order valence-electron chi connectivity index (χ3n) is 2.08. The van der Waals surface area contributed by atoms with Crippen molar-refractivity contribution in [1.82, 2.24) is 5.48 Å². The average molecular weight is 292 g/mol. The maximum Gasteiger partial charge on any atom is 0.175 e. The summed E-state index contributed by atoms with van der Waals surface area (Å²) in [5, 5.41) is 9.79. The van der Waals surface area contributed by atoms with Gasteiger partial charge in [0.1, 0.15) is 5.75 Å². The van der Waals surface area contributed by atoms with E-state index in [1.165, 1.54) is 27.4 Å². The summed E-state index contributed by atoms with van der Waals surface area (Å²) < 4.78 is 10.9. The molecule has 1 rings (SSSR count). The maximum absolute atomic E-state index is 9.79. The van der Waals surface area contributed by atoms with Crippen molar-refractivity contribution in [3.05, 3.63) is 16.1 Å². The molecule has 6 heteroatoms. The minimum Gasteiger partial charge on any atom is -0.507 e. The molecular formula is C10H14BrNO4. The third-order valence-corrected chi connectivity index (χ3v) is 2.92. The van der Waals surface area contributed by atoms with Gasteiger partial charge in [0.25, 0.3) is 0 Å². The van der Waals surface area contributed by atoms with Crippen LogP contribution in [0.5, 0.6) is 17.2 Å². The van der Waals surface area contributed by atoms with Crippen LogP contribution in [0.25, 0.3) is 0 Å². The van der Waals surface area contributed by atoms with Crippen molar-refractivity contribution < 1.29 is 19.4 Å². The van der Waals surface area contributed by atoms with Crippen molar-refractivity contribution in [3.8, 4) is 17.2 Å². The normalized spacial score (nSPS) is 10.2. The highest BCUT2D eigenvalue weighted by Crippen LogP contribution is 2.42. The largest absolute Gasteiger partial charge is 0.507 e. The molecule has 0 aliphatic rings. The van der Waals surface area contributed by atoms with Crippen LogP contribution in [0.1, 0.15) is 5.56 Å². The molecule has 0 bridgehead atoms. The summed E-state index contributed by atoms with van der Waals surface area (Å²) in [5.74, 6) is 1.11. The molecule has 5 nitrogen and oxygen atoms in total. The molecule has 0 aromatic heterocycles. The highest BCUT2D eigenvalue weighted by Gasteiger charge is 2.17. The van der Waals surface area contributed by atoms with E-state index in [1.807, 2.05) is 0 Å². The Balaban J connectivity index is 3.18. The fraction of sp³-hybridized carbons (Fsp3) is 0.400. The molecule has 0 saturated carbocycles. The van der Waals surface area contributed by atoms with Crippen LogP contribution in [0.2, 0.25) is 0 Å². The van der Waals surface area contributed by atoms with Crippen LogP contribution in [0.4, 0.5) is 0 Å². The number of rotatable bonds is 5. The summed E-state index contributed by atoms with van der Waals surface area (Å²) in [6, 6.07) is 1.50. The number of hydroxylamine groups is 1. The summed E-state index contributed by atoms with van der Waals surface area (Å²) in [5.41, 5.74) is 3.29. The molecule has 0 aliphatic heterocycles. The number of methoxy groups -OCH3 is 2. The molecule has 0 amide bonds. The number of hydrogen-bond acceptors (Lipinski definition) is 5. The zero-order valence-electron chi connectivity index (χ0n) is 9.33. The summed E-state index contributed by atoms with van der Waals surface area (Å²) in [6.45, 7) is 0.350. The summed E-state index contributed by atoms with van der Waals surface area (Å²) >= 11 is 3.35. The third kappa shape index (κ3) is 2.58. The fourth-order valence-corrected chi connectivity index (χ4v) is 1.99. The molecule has 0 heterocycles. The van der Waals surface area contributed by atoms with Crippen LogP contribution in [-0.4, -0.2) is 26.4 Å². The van der Waals surface area contributed by atoms with Gasteiger partial charge >= 0.3 is 0 Å². The molecule has 0 aliphatic carbocycles. The van der Waals surface area contributed by atoms with Gasteiger partial charge in [0.15, 0.2) is 11.5 Å². The van der Waals surface area contributed by atoms with Crippen LogP contribution in [-0.2, 0) is 11.4 Å². The minimum atomic E-state index is 0.106. The highest BCUT2D eigenvalue weighted by molar-refractivity contribution is 9.10. The van der Waals surface area contributed by atoms with Crippen molar-refractivity contribution in [2.24, 2.45) is 0 Å². The van der Waals surface area contributed by atoms with Gasteiger partial charge in [0, 0.05) is 11.6 Å². The summed E-state index contributed by atoms with van der Waals surface area (Å²) in [6.07, 6.45) is 0. The number of halogens is 1. The Morgan fingerprint density at radius 1 is 1.31 bits per heavy atom. The zero-order chi connectivity index (χ0) is 12.1. The smallest absolute Gasteiger partial charge is 0.175 e. The van der Waals surface area contributed by atoms with Crippen LogP contribution < -0.4 is 15.0 Å². The molecule has 90 valence electrons. The van der Waals surface area contributed by atoms with Crippen molar-refractivity contribution in [2.75, 3.05) is 21.3 Å². The Bertz CT molecular complexity index is 370. The first-order chi connectivity index (χ1) is 7.65. The molecule has 1 aromatic rings.